The average molecular weight is 280 g/mol. The molecule has 2 aliphatic carbocycles. The highest BCUT2D eigenvalue weighted by molar-refractivity contribution is 7.92. The van der Waals surface area contributed by atoms with Gasteiger partial charge in [-0.05, 0) is 55.7 Å². The number of carboxylic acids is 1. The van der Waals surface area contributed by atoms with Crippen molar-refractivity contribution in [1.29, 1.82) is 0 Å². The lowest BCUT2D eigenvalue weighted by molar-refractivity contribution is 0.0695. The lowest BCUT2D eigenvalue weighted by Gasteiger charge is -2.15. The summed E-state index contributed by atoms with van der Waals surface area (Å²) in [6.07, 6.45) is 3.17. The molecule has 4 nitrogen and oxygen atoms in total. The van der Waals surface area contributed by atoms with E-state index in [1.54, 1.807) is 13.0 Å². The van der Waals surface area contributed by atoms with Gasteiger partial charge in [-0.3, -0.25) is 0 Å². The first kappa shape index (κ1) is 12.7. The van der Waals surface area contributed by atoms with Crippen LogP contribution in [0.2, 0.25) is 0 Å². The van der Waals surface area contributed by atoms with Crippen LogP contribution in [0.4, 0.5) is 0 Å². The van der Waals surface area contributed by atoms with Crippen LogP contribution in [0.15, 0.2) is 17.0 Å². The minimum atomic E-state index is -3.35. The lowest BCUT2D eigenvalue weighted by atomic mass is 10.0. The normalized spacial score (nSPS) is 19.4. The van der Waals surface area contributed by atoms with Gasteiger partial charge in [0.05, 0.1) is 15.7 Å². The highest BCUT2D eigenvalue weighted by Crippen LogP contribution is 2.47. The molecule has 19 heavy (non-hydrogen) atoms. The predicted octanol–water partition coefficient (Wildman–Crippen LogP) is 2.51. The van der Waals surface area contributed by atoms with Gasteiger partial charge in [-0.15, -0.1) is 0 Å². The molecule has 1 aromatic carbocycles. The van der Waals surface area contributed by atoms with E-state index in [0.29, 0.717) is 28.9 Å². The summed E-state index contributed by atoms with van der Waals surface area (Å²) in [6, 6.07) is 3.15. The molecule has 0 aliphatic heterocycles. The van der Waals surface area contributed by atoms with Crippen molar-refractivity contribution in [2.45, 2.75) is 48.7 Å². The van der Waals surface area contributed by atoms with Gasteiger partial charge in [0.15, 0.2) is 9.84 Å². The van der Waals surface area contributed by atoms with Gasteiger partial charge < -0.3 is 5.11 Å². The molecule has 0 saturated heterocycles. The third kappa shape index (κ3) is 2.06. The molecular formula is C14H16O4S. The smallest absolute Gasteiger partial charge is 0.336 e. The first-order valence-corrected chi connectivity index (χ1v) is 8.08. The van der Waals surface area contributed by atoms with Gasteiger partial charge in [0.25, 0.3) is 0 Å². The molecule has 1 N–H and O–H groups in total. The van der Waals surface area contributed by atoms with Gasteiger partial charge in [0.1, 0.15) is 0 Å². The second-order valence-corrected chi connectivity index (χ2v) is 7.66. The zero-order chi connectivity index (χ0) is 13.8. The summed E-state index contributed by atoms with van der Waals surface area (Å²) in [7, 11) is -3.35. The van der Waals surface area contributed by atoms with E-state index in [1.807, 2.05) is 0 Å². The van der Waals surface area contributed by atoms with Crippen LogP contribution in [0.25, 0.3) is 0 Å². The molecule has 0 amide bonds. The Labute approximate surface area is 112 Å². The Hall–Kier alpha value is -1.36. The SMILES string of the molecule is Cc1ccc(C(=O)O)c(C2CC2)c1S(=O)(=O)C1CC1. The topological polar surface area (TPSA) is 71.4 Å². The Bertz CT molecular complexity index is 652. The number of carbonyl (C=O) groups is 1. The van der Waals surface area contributed by atoms with Gasteiger partial charge in [-0.2, -0.15) is 0 Å². The Kier molecular flexibility index (Phi) is 2.71. The fourth-order valence-electron chi connectivity index (χ4n) is 2.60. The maximum atomic E-state index is 12.6. The molecule has 2 aliphatic rings. The quantitative estimate of drug-likeness (QED) is 0.919. The van der Waals surface area contributed by atoms with E-state index in [4.69, 9.17) is 0 Å². The molecular weight excluding hydrogens is 264 g/mol. The molecule has 3 rings (SSSR count). The van der Waals surface area contributed by atoms with E-state index < -0.39 is 15.8 Å². The van der Waals surface area contributed by atoms with Crippen molar-refractivity contribution in [3.63, 3.8) is 0 Å². The molecule has 0 aromatic heterocycles. The summed E-state index contributed by atoms with van der Waals surface area (Å²) in [4.78, 5) is 11.6. The second-order valence-electron chi connectivity index (χ2n) is 5.50. The molecule has 0 unspecified atom stereocenters. The highest BCUT2D eigenvalue weighted by atomic mass is 32.2. The third-order valence-corrected chi connectivity index (χ3v) is 6.32. The van der Waals surface area contributed by atoms with Crippen LogP contribution < -0.4 is 0 Å². The first-order chi connectivity index (χ1) is 8.93. The zero-order valence-corrected chi connectivity index (χ0v) is 11.5. The standard InChI is InChI=1S/C14H16O4S/c1-8-2-7-11(14(15)16)12(9-3-4-9)13(8)19(17,18)10-5-6-10/h2,7,9-10H,3-6H2,1H3,(H,15,16). The zero-order valence-electron chi connectivity index (χ0n) is 10.7. The van der Waals surface area contributed by atoms with Gasteiger partial charge in [-0.1, -0.05) is 6.07 Å². The van der Waals surface area contributed by atoms with Gasteiger partial charge in [0.2, 0.25) is 0 Å². The largest absolute Gasteiger partial charge is 0.478 e. The number of hydrogen-bond acceptors (Lipinski definition) is 3. The second kappa shape index (κ2) is 4.07. The fourth-order valence-corrected chi connectivity index (χ4v) is 4.78. The van der Waals surface area contributed by atoms with Gasteiger partial charge >= 0.3 is 5.97 Å². The van der Waals surface area contributed by atoms with E-state index in [-0.39, 0.29) is 16.7 Å². The molecule has 102 valence electrons. The summed E-state index contributed by atoms with van der Waals surface area (Å²) in [5, 5.41) is 8.98. The van der Waals surface area contributed by atoms with Crippen LogP contribution in [0.5, 0.6) is 0 Å². The summed E-state index contributed by atoms with van der Waals surface area (Å²) >= 11 is 0. The molecule has 1 aromatic rings. The fraction of sp³-hybridized carbons (Fsp3) is 0.500. The van der Waals surface area contributed by atoms with Crippen molar-refractivity contribution < 1.29 is 18.3 Å². The van der Waals surface area contributed by atoms with Crippen molar-refractivity contribution in [3.05, 3.63) is 28.8 Å². The average Bonchev–Trinajstić information content (AvgIpc) is 3.16. The maximum Gasteiger partial charge on any atom is 0.336 e. The van der Waals surface area contributed by atoms with Crippen molar-refractivity contribution in [3.8, 4) is 0 Å². The summed E-state index contributed by atoms with van der Waals surface area (Å²) in [5.41, 5.74) is 1.39. The van der Waals surface area contributed by atoms with Gasteiger partial charge in [-0.25, -0.2) is 13.2 Å². The molecule has 5 heteroatoms. The van der Waals surface area contributed by atoms with Crippen LogP contribution in [-0.4, -0.2) is 24.7 Å². The van der Waals surface area contributed by atoms with E-state index >= 15 is 0 Å². The number of hydrogen-bond donors (Lipinski definition) is 1. The Morgan fingerprint density at radius 2 is 1.84 bits per heavy atom. The Balaban J connectivity index is 2.27. The molecule has 0 heterocycles. The van der Waals surface area contributed by atoms with Crippen molar-refractivity contribution in [2.24, 2.45) is 0 Å². The number of benzene rings is 1. The van der Waals surface area contributed by atoms with Crippen LogP contribution in [0, 0.1) is 6.92 Å². The Morgan fingerprint density at radius 1 is 1.21 bits per heavy atom. The van der Waals surface area contributed by atoms with Crippen LogP contribution in [0.3, 0.4) is 0 Å². The van der Waals surface area contributed by atoms with Gasteiger partial charge in [0, 0.05) is 0 Å². The highest BCUT2D eigenvalue weighted by Gasteiger charge is 2.42. The number of aryl methyl sites for hydroxylation is 1. The lowest BCUT2D eigenvalue weighted by Crippen LogP contribution is -2.15. The summed E-state index contributed by atoms with van der Waals surface area (Å²) in [6.45, 7) is 1.76. The predicted molar refractivity (Wildman–Crippen MR) is 70.3 cm³/mol. The van der Waals surface area contributed by atoms with Crippen molar-refractivity contribution in [1.82, 2.24) is 0 Å². The van der Waals surface area contributed by atoms with E-state index in [9.17, 15) is 18.3 Å². The van der Waals surface area contributed by atoms with Crippen molar-refractivity contribution in [2.75, 3.05) is 0 Å². The molecule has 2 fully saturated rings. The minimum Gasteiger partial charge on any atom is -0.478 e. The monoisotopic (exact) mass is 280 g/mol. The molecule has 0 radical (unpaired) electrons. The van der Waals surface area contributed by atoms with Crippen molar-refractivity contribution >= 4 is 15.8 Å². The van der Waals surface area contributed by atoms with Crippen LogP contribution in [-0.2, 0) is 9.84 Å². The minimum absolute atomic E-state index is 0.106. The first-order valence-electron chi connectivity index (χ1n) is 6.53. The number of carboxylic acid groups (broad SMARTS) is 1. The molecule has 0 spiro atoms. The summed E-state index contributed by atoms with van der Waals surface area (Å²) in [5.74, 6) is -0.927. The van der Waals surface area contributed by atoms with E-state index in [2.05, 4.69) is 0 Å². The molecule has 0 bridgehead atoms. The van der Waals surface area contributed by atoms with Crippen LogP contribution in [0.1, 0.15) is 53.1 Å². The molecule has 0 atom stereocenters. The van der Waals surface area contributed by atoms with E-state index in [0.717, 1.165) is 12.8 Å². The van der Waals surface area contributed by atoms with Crippen LogP contribution >= 0.6 is 0 Å². The summed E-state index contributed by atoms with van der Waals surface area (Å²) < 4.78 is 25.1. The van der Waals surface area contributed by atoms with E-state index in [1.165, 1.54) is 6.07 Å². The number of aromatic carboxylic acids is 1. The Morgan fingerprint density at radius 3 is 2.32 bits per heavy atom. The maximum absolute atomic E-state index is 12.6. The number of rotatable bonds is 4. The molecule has 2 saturated carbocycles. The third-order valence-electron chi connectivity index (χ3n) is 3.86. The number of sulfone groups is 1.